The number of rotatable bonds is 8. The Kier molecular flexibility index (Phi) is 16.6. The number of Topliss-reactive ketones (excluding diaryl/α,β-unsaturated/α-hetero) is 2. The number of aromatic nitrogens is 1. The van der Waals surface area contributed by atoms with Crippen LogP contribution in [0.3, 0.4) is 0 Å². The molecule has 0 aliphatic heterocycles. The molecule has 0 amide bonds. The SMILES string of the molecule is CC(C)(C)C(=O)c1cccc[n+]1CC(=O)c1ccccc1.FC(F)(F)c1cc([B-](c2cc(C(F)(F)F)cc(C(F)(F)F)c2)(c2cc(C(F)(F)F)cc(C(F)(F)F)c2)c2cc(C(F)(F)F)cc(C(F)(F)F)c2)cc(C(F)(F)F)c1. The van der Waals surface area contributed by atoms with E-state index >= 15 is 0 Å². The smallest absolute Gasteiger partial charge is 0.287 e. The van der Waals surface area contributed by atoms with Crippen molar-refractivity contribution >= 4 is 39.6 Å². The van der Waals surface area contributed by atoms with Crippen LogP contribution in [0.15, 0.2) is 128 Å². The summed E-state index contributed by atoms with van der Waals surface area (Å²) in [5.41, 5.74) is -29.5. The summed E-state index contributed by atoms with van der Waals surface area (Å²) in [5.74, 6) is 0.0266. The average Bonchev–Trinajstić information content (AvgIpc) is 3.29. The summed E-state index contributed by atoms with van der Waals surface area (Å²) in [6.45, 7) is 5.81. The molecule has 0 spiro atoms. The molecule has 1 aromatic heterocycles. The predicted molar refractivity (Wildman–Crippen MR) is 231 cm³/mol. The normalized spacial score (nSPS) is 13.5. The number of hydrogen-bond donors (Lipinski definition) is 0. The fraction of sp³-hybridized carbons (Fsp3) is 0.260. The van der Waals surface area contributed by atoms with Crippen molar-refractivity contribution < 1.29 is 120 Å². The maximum Gasteiger partial charge on any atom is 0.416 e. The largest absolute Gasteiger partial charge is 0.416 e. The Bertz CT molecular complexity index is 2730. The number of ketones is 2. The summed E-state index contributed by atoms with van der Waals surface area (Å²) in [7, 11) is 0. The van der Waals surface area contributed by atoms with Crippen LogP contribution in [-0.2, 0) is 56.0 Å². The molecule has 0 unspecified atom stereocenters. The molecule has 78 heavy (non-hydrogen) atoms. The van der Waals surface area contributed by atoms with Gasteiger partial charge in [0.1, 0.15) is 6.15 Å². The first-order valence-corrected chi connectivity index (χ1v) is 21.6. The van der Waals surface area contributed by atoms with E-state index in [0.717, 1.165) is 0 Å². The van der Waals surface area contributed by atoms with E-state index in [0.29, 0.717) is 11.3 Å². The molecule has 3 nitrogen and oxygen atoms in total. The Balaban J connectivity index is 0.000000443. The van der Waals surface area contributed by atoms with Crippen molar-refractivity contribution in [3.63, 3.8) is 0 Å². The molecule has 0 aliphatic carbocycles. The van der Waals surface area contributed by atoms with Gasteiger partial charge in [0.2, 0.25) is 23.8 Å². The second-order valence-electron chi connectivity index (χ2n) is 18.3. The van der Waals surface area contributed by atoms with Gasteiger partial charge in [-0.3, -0.25) is 9.59 Å². The van der Waals surface area contributed by atoms with Crippen molar-refractivity contribution in [3.8, 4) is 0 Å². The third kappa shape index (κ3) is 14.2. The molecule has 5 aromatic carbocycles. The van der Waals surface area contributed by atoms with Gasteiger partial charge in [-0.15, -0.1) is 0 Å². The van der Waals surface area contributed by atoms with E-state index < -0.39 is 200 Å². The molecule has 0 fully saturated rings. The van der Waals surface area contributed by atoms with Crippen molar-refractivity contribution in [2.75, 3.05) is 0 Å². The molecule has 0 N–H and O–H groups in total. The number of nitrogens with zero attached hydrogens (tertiary/aromatic N) is 1. The van der Waals surface area contributed by atoms with E-state index in [1.807, 2.05) is 51.1 Å². The summed E-state index contributed by atoms with van der Waals surface area (Å²) < 4.78 is 343. The minimum absolute atomic E-state index is 0.00485. The molecule has 0 saturated carbocycles. The number of halogens is 24. The van der Waals surface area contributed by atoms with Gasteiger partial charge >= 0.3 is 49.4 Å². The van der Waals surface area contributed by atoms with Crippen LogP contribution in [0.1, 0.15) is 86.1 Å². The lowest BCUT2D eigenvalue weighted by atomic mass is 9.12. The van der Waals surface area contributed by atoms with Crippen LogP contribution < -0.4 is 26.4 Å². The van der Waals surface area contributed by atoms with Gasteiger partial charge in [0, 0.05) is 23.1 Å². The zero-order chi connectivity index (χ0) is 59.4. The van der Waals surface area contributed by atoms with Crippen molar-refractivity contribution in [2.24, 2.45) is 5.41 Å². The molecular weight excluding hydrogens is 1110 g/mol. The van der Waals surface area contributed by atoms with E-state index in [1.54, 1.807) is 29.0 Å². The molecule has 420 valence electrons. The number of pyridine rings is 1. The Morgan fingerprint density at radius 3 is 0.833 bits per heavy atom. The van der Waals surface area contributed by atoms with Gasteiger partial charge in [0.25, 0.3) is 0 Å². The van der Waals surface area contributed by atoms with Crippen LogP contribution in [0.5, 0.6) is 0 Å². The first-order chi connectivity index (χ1) is 35.2. The summed E-state index contributed by atoms with van der Waals surface area (Å²) in [5, 5.41) is 0. The highest BCUT2D eigenvalue weighted by Gasteiger charge is 2.47. The van der Waals surface area contributed by atoms with Gasteiger partial charge in [0.05, 0.1) is 44.5 Å². The maximum atomic E-state index is 14.2. The average molecular weight is 1150 g/mol. The van der Waals surface area contributed by atoms with E-state index in [1.165, 1.54) is 0 Å². The summed E-state index contributed by atoms with van der Waals surface area (Å²) in [4.78, 5) is 24.8. The second kappa shape index (κ2) is 21.0. The minimum atomic E-state index is -6.13. The highest BCUT2D eigenvalue weighted by atomic mass is 19.4. The topological polar surface area (TPSA) is 38.0 Å². The van der Waals surface area contributed by atoms with Crippen molar-refractivity contribution in [2.45, 2.75) is 76.7 Å². The predicted octanol–water partition coefficient (Wildman–Crippen LogP) is 14.3. The molecule has 6 rings (SSSR count). The lowest BCUT2D eigenvalue weighted by Crippen LogP contribution is -2.75. The summed E-state index contributed by atoms with van der Waals surface area (Å²) >= 11 is 0. The van der Waals surface area contributed by atoms with E-state index in [-0.39, 0.29) is 18.1 Å². The molecule has 0 saturated heterocycles. The van der Waals surface area contributed by atoms with E-state index in [9.17, 15) is 115 Å². The lowest BCUT2D eigenvalue weighted by molar-refractivity contribution is -0.685. The van der Waals surface area contributed by atoms with Gasteiger partial charge in [-0.2, -0.15) is 132 Å². The van der Waals surface area contributed by atoms with Gasteiger partial charge in [0.15, 0.2) is 6.20 Å². The first kappa shape index (κ1) is 61.8. The van der Waals surface area contributed by atoms with Gasteiger partial charge in [-0.05, 0) is 30.3 Å². The molecule has 28 heteroatoms. The fourth-order valence-electron chi connectivity index (χ4n) is 8.15. The molecule has 0 atom stereocenters. The van der Waals surface area contributed by atoms with Crippen LogP contribution in [0.25, 0.3) is 0 Å². The van der Waals surface area contributed by atoms with Crippen molar-refractivity contribution in [1.29, 1.82) is 0 Å². The Morgan fingerprint density at radius 1 is 0.359 bits per heavy atom. The van der Waals surface area contributed by atoms with Crippen LogP contribution in [0, 0.1) is 5.41 Å². The molecule has 0 radical (unpaired) electrons. The third-order valence-corrected chi connectivity index (χ3v) is 11.7. The fourth-order valence-corrected chi connectivity index (χ4v) is 8.15. The van der Waals surface area contributed by atoms with Crippen molar-refractivity contribution in [3.05, 3.63) is 183 Å². The van der Waals surface area contributed by atoms with Crippen LogP contribution in [0.2, 0.25) is 0 Å². The Morgan fingerprint density at radius 2 is 0.603 bits per heavy atom. The Labute approximate surface area is 424 Å². The van der Waals surface area contributed by atoms with Crippen LogP contribution in [0.4, 0.5) is 105 Å². The highest BCUT2D eigenvalue weighted by Crippen LogP contribution is 2.41. The number of carbonyl (C=O) groups is 2. The molecule has 6 aromatic rings. The molecule has 0 aliphatic rings. The second-order valence-corrected chi connectivity index (χ2v) is 18.3. The van der Waals surface area contributed by atoms with E-state index in [4.69, 9.17) is 0 Å². The number of carbonyl (C=O) groups excluding carboxylic acids is 2. The van der Waals surface area contributed by atoms with Crippen LogP contribution in [-0.4, -0.2) is 17.7 Å². The lowest BCUT2D eigenvalue weighted by Gasteiger charge is -2.46. The molecular formula is C50H32BF24NO2. The molecule has 0 bridgehead atoms. The van der Waals surface area contributed by atoms with Gasteiger partial charge in [-0.1, -0.05) is 99.6 Å². The summed E-state index contributed by atoms with van der Waals surface area (Å²) in [6, 6.07) is 5.74. The summed E-state index contributed by atoms with van der Waals surface area (Å²) in [6.07, 6.45) is -53.0. The minimum Gasteiger partial charge on any atom is -0.287 e. The van der Waals surface area contributed by atoms with Gasteiger partial charge < -0.3 is 0 Å². The number of hydrogen-bond acceptors (Lipinski definition) is 2. The van der Waals surface area contributed by atoms with E-state index in [2.05, 4.69) is 0 Å². The first-order valence-electron chi connectivity index (χ1n) is 21.6. The monoisotopic (exact) mass is 1150 g/mol. The van der Waals surface area contributed by atoms with Gasteiger partial charge in [-0.25, -0.2) is 0 Å². The standard InChI is InChI=1S/C32H12BF24.C18H20NO2/c34-25(35,36)13-1-14(26(37,38)39)6-21(5-13)33(22-7-15(27(40,41)42)2-16(8-22)28(43,44)45,23-9-17(29(46,47)48)3-18(10-23)30(49,50)51)24-11-19(31(52,53)54)4-20(12-24)32(55,56)57;1-18(2,3)17(21)15-11-7-8-12-19(15)13-16(20)14-9-5-4-6-10-14/h1-12H;4-12H,13H2,1-3H3/q-1;+1. The molecule has 1 heterocycles. The van der Waals surface area contributed by atoms with Crippen molar-refractivity contribution in [1.82, 2.24) is 0 Å². The zero-order valence-electron chi connectivity index (χ0n) is 39.2. The van der Waals surface area contributed by atoms with Crippen LogP contribution >= 0.6 is 0 Å². The highest BCUT2D eigenvalue weighted by molar-refractivity contribution is 7.20. The maximum absolute atomic E-state index is 14.2. The Hall–Kier alpha value is -7.03. The third-order valence-electron chi connectivity index (χ3n) is 11.7. The number of benzene rings is 5. The zero-order valence-corrected chi connectivity index (χ0v) is 39.2. The number of alkyl halides is 24. The quantitative estimate of drug-likeness (QED) is 0.0659.